The Morgan fingerprint density at radius 3 is 2.47 bits per heavy atom. The van der Waals surface area contributed by atoms with E-state index in [4.69, 9.17) is 35.5 Å². The molecule has 1 aliphatic carbocycles. The van der Waals surface area contributed by atoms with Crippen molar-refractivity contribution in [3.05, 3.63) is 64.7 Å². The fourth-order valence-electron chi connectivity index (χ4n) is 6.20. The number of nitrogens with one attached hydrogen (secondary N) is 2. The van der Waals surface area contributed by atoms with Crippen LogP contribution in [-0.4, -0.2) is 56.3 Å². The van der Waals surface area contributed by atoms with Gasteiger partial charge in [-0.1, -0.05) is 11.6 Å². The molecule has 0 radical (unpaired) electrons. The van der Waals surface area contributed by atoms with E-state index >= 15 is 0 Å². The van der Waals surface area contributed by atoms with Gasteiger partial charge < -0.3 is 34.1 Å². The minimum atomic E-state index is -0.320. The summed E-state index contributed by atoms with van der Waals surface area (Å²) in [6, 6.07) is 14.3. The first-order valence-corrected chi connectivity index (χ1v) is 14.5. The van der Waals surface area contributed by atoms with Gasteiger partial charge in [-0.15, -0.1) is 0 Å². The Bertz CT molecular complexity index is 1690. The number of amides is 2. The molecular formula is C32H33ClN4O6. The van der Waals surface area contributed by atoms with Crippen molar-refractivity contribution in [2.75, 3.05) is 35.0 Å². The van der Waals surface area contributed by atoms with E-state index in [-0.39, 0.29) is 29.8 Å². The number of ether oxygens (including phenoxy) is 4. The molecule has 3 atom stereocenters. The molecule has 0 spiro atoms. The monoisotopic (exact) mass is 604 g/mol. The van der Waals surface area contributed by atoms with Crippen molar-refractivity contribution < 1.29 is 28.5 Å². The molecule has 0 bridgehead atoms. The van der Waals surface area contributed by atoms with E-state index in [2.05, 4.69) is 15.2 Å². The van der Waals surface area contributed by atoms with E-state index in [1.807, 2.05) is 36.4 Å². The number of halogens is 1. The zero-order chi connectivity index (χ0) is 30.2. The standard InChI is InChI=1S/C32H33ClN4O6/c1-34-31(38)17-5-8-21(11-17)37-25-12-18(32(39)36-24-16-43-26-10-7-20(33)15-22(24)26)6-9-23(25)35-30(37)19-13-27(40-2)29(42-4)28(14-19)41-3/h6-7,9-10,12-15,17,21,24H,5,8,11,16H2,1-4H3,(H,34,38)(H,36,39)/t17-,21+,24?/m0/s1. The van der Waals surface area contributed by atoms with Gasteiger partial charge in [0.2, 0.25) is 11.7 Å². The molecule has 2 aliphatic rings. The van der Waals surface area contributed by atoms with Crippen LogP contribution < -0.4 is 29.6 Å². The average molecular weight is 605 g/mol. The zero-order valence-corrected chi connectivity index (χ0v) is 25.2. The molecule has 3 aromatic carbocycles. The highest BCUT2D eigenvalue weighted by Gasteiger charge is 2.34. The van der Waals surface area contributed by atoms with Crippen LogP contribution in [0.5, 0.6) is 23.0 Å². The van der Waals surface area contributed by atoms with Gasteiger partial charge in [0.1, 0.15) is 18.2 Å². The smallest absolute Gasteiger partial charge is 0.251 e. The number of carbonyl (C=O) groups excluding carboxylic acids is 2. The number of benzene rings is 3. The van der Waals surface area contributed by atoms with Crippen molar-refractivity contribution in [1.82, 2.24) is 20.2 Å². The van der Waals surface area contributed by atoms with E-state index < -0.39 is 0 Å². The van der Waals surface area contributed by atoms with Gasteiger partial charge in [0.15, 0.2) is 11.5 Å². The Hall–Kier alpha value is -4.44. The van der Waals surface area contributed by atoms with Crippen LogP contribution in [-0.2, 0) is 4.79 Å². The summed E-state index contributed by atoms with van der Waals surface area (Å²) >= 11 is 6.21. The number of hydrogen-bond acceptors (Lipinski definition) is 7. The summed E-state index contributed by atoms with van der Waals surface area (Å²) in [5.41, 5.74) is 3.62. The third-order valence-electron chi connectivity index (χ3n) is 8.32. The fourth-order valence-corrected chi connectivity index (χ4v) is 6.38. The summed E-state index contributed by atoms with van der Waals surface area (Å²) in [5, 5.41) is 6.46. The van der Waals surface area contributed by atoms with Crippen LogP contribution in [0.4, 0.5) is 0 Å². The summed E-state index contributed by atoms with van der Waals surface area (Å²) in [6.45, 7) is 0.329. The Balaban J connectivity index is 1.42. The van der Waals surface area contributed by atoms with Crippen molar-refractivity contribution in [3.63, 3.8) is 0 Å². The lowest BCUT2D eigenvalue weighted by Gasteiger charge is -2.19. The Morgan fingerprint density at radius 2 is 1.77 bits per heavy atom. The molecule has 2 amide bonds. The fraction of sp³-hybridized carbons (Fsp3) is 0.344. The minimum Gasteiger partial charge on any atom is -0.493 e. The molecule has 0 saturated heterocycles. The molecule has 43 heavy (non-hydrogen) atoms. The predicted molar refractivity (Wildman–Crippen MR) is 162 cm³/mol. The third-order valence-corrected chi connectivity index (χ3v) is 8.56. The number of rotatable bonds is 8. The first-order chi connectivity index (χ1) is 20.8. The lowest BCUT2D eigenvalue weighted by atomic mass is 10.1. The summed E-state index contributed by atoms with van der Waals surface area (Å²) in [7, 11) is 6.36. The van der Waals surface area contributed by atoms with Crippen molar-refractivity contribution in [3.8, 4) is 34.4 Å². The summed E-state index contributed by atoms with van der Waals surface area (Å²) in [5.74, 6) is 2.57. The summed E-state index contributed by atoms with van der Waals surface area (Å²) < 4.78 is 24.7. The Kier molecular flexibility index (Phi) is 7.79. The van der Waals surface area contributed by atoms with Crippen molar-refractivity contribution in [2.45, 2.75) is 31.3 Å². The summed E-state index contributed by atoms with van der Waals surface area (Å²) in [6.07, 6.45) is 2.19. The first kappa shape index (κ1) is 28.7. The van der Waals surface area contributed by atoms with Gasteiger partial charge in [0.05, 0.1) is 38.4 Å². The van der Waals surface area contributed by atoms with Crippen LogP contribution in [0, 0.1) is 5.92 Å². The molecule has 224 valence electrons. The number of hydrogen-bond donors (Lipinski definition) is 2. The number of carbonyl (C=O) groups is 2. The highest BCUT2D eigenvalue weighted by molar-refractivity contribution is 6.30. The number of aromatic nitrogens is 2. The Labute approximate surface area is 254 Å². The lowest BCUT2D eigenvalue weighted by Crippen LogP contribution is -2.29. The van der Waals surface area contributed by atoms with Gasteiger partial charge in [-0.25, -0.2) is 4.98 Å². The normalized spacial score (nSPS) is 19.0. The summed E-state index contributed by atoms with van der Waals surface area (Å²) in [4.78, 5) is 31.1. The average Bonchev–Trinajstić information content (AvgIpc) is 3.76. The van der Waals surface area contributed by atoms with E-state index in [0.717, 1.165) is 35.0 Å². The zero-order valence-electron chi connectivity index (χ0n) is 24.4. The highest BCUT2D eigenvalue weighted by Crippen LogP contribution is 2.44. The third kappa shape index (κ3) is 5.20. The van der Waals surface area contributed by atoms with E-state index in [1.165, 1.54) is 0 Å². The molecular weight excluding hydrogens is 572 g/mol. The lowest BCUT2D eigenvalue weighted by molar-refractivity contribution is -0.124. The molecule has 2 heterocycles. The molecule has 1 aliphatic heterocycles. The second-order valence-corrected chi connectivity index (χ2v) is 11.2. The molecule has 10 nitrogen and oxygen atoms in total. The second kappa shape index (κ2) is 11.7. The maximum Gasteiger partial charge on any atom is 0.251 e. The molecule has 4 aromatic rings. The maximum absolute atomic E-state index is 13.5. The van der Waals surface area contributed by atoms with E-state index in [1.54, 1.807) is 40.5 Å². The van der Waals surface area contributed by atoms with Gasteiger partial charge >= 0.3 is 0 Å². The molecule has 1 saturated carbocycles. The van der Waals surface area contributed by atoms with Gasteiger partial charge in [-0.05, 0) is 67.8 Å². The van der Waals surface area contributed by atoms with Crippen LogP contribution >= 0.6 is 11.6 Å². The van der Waals surface area contributed by atoms with Crippen LogP contribution in [0.3, 0.4) is 0 Å². The van der Waals surface area contributed by atoms with Crippen molar-refractivity contribution in [1.29, 1.82) is 0 Å². The van der Waals surface area contributed by atoms with Crippen LogP contribution in [0.2, 0.25) is 5.02 Å². The number of methoxy groups -OCH3 is 3. The number of imidazole rings is 1. The highest BCUT2D eigenvalue weighted by atomic mass is 35.5. The van der Waals surface area contributed by atoms with Gasteiger partial charge in [0.25, 0.3) is 5.91 Å². The minimum absolute atomic E-state index is 0.0167. The molecule has 1 aromatic heterocycles. The van der Waals surface area contributed by atoms with E-state index in [9.17, 15) is 9.59 Å². The van der Waals surface area contributed by atoms with Gasteiger partial charge in [-0.2, -0.15) is 0 Å². The van der Waals surface area contributed by atoms with Crippen LogP contribution in [0.15, 0.2) is 48.5 Å². The Morgan fingerprint density at radius 1 is 1.00 bits per heavy atom. The topological polar surface area (TPSA) is 113 Å². The van der Waals surface area contributed by atoms with E-state index in [0.29, 0.717) is 52.4 Å². The number of nitrogens with zero attached hydrogens (tertiary/aromatic N) is 2. The molecule has 6 rings (SSSR count). The molecule has 1 unspecified atom stereocenters. The largest absolute Gasteiger partial charge is 0.493 e. The van der Waals surface area contributed by atoms with Crippen molar-refractivity contribution >= 4 is 34.4 Å². The molecule has 1 fully saturated rings. The first-order valence-electron chi connectivity index (χ1n) is 14.1. The van der Waals surface area contributed by atoms with Gasteiger partial charge in [-0.3, -0.25) is 9.59 Å². The van der Waals surface area contributed by atoms with Crippen molar-refractivity contribution in [2.24, 2.45) is 5.92 Å². The SMILES string of the molecule is CNC(=O)[C@H]1CC[C@@H](n2c(-c3cc(OC)c(OC)c(OC)c3)nc3ccc(C(=O)NC4COc5ccc(Cl)cc54)cc32)C1. The maximum atomic E-state index is 13.5. The van der Waals surface area contributed by atoms with Gasteiger partial charge in [0, 0.05) is 40.7 Å². The van der Waals surface area contributed by atoms with Crippen LogP contribution in [0.25, 0.3) is 22.4 Å². The predicted octanol–water partition coefficient (Wildman–Crippen LogP) is 5.33. The number of fused-ring (bicyclic) bond motifs is 2. The molecule has 11 heteroatoms. The quantitative estimate of drug-likeness (QED) is 0.279. The van der Waals surface area contributed by atoms with Crippen LogP contribution in [0.1, 0.15) is 47.3 Å². The second-order valence-electron chi connectivity index (χ2n) is 10.7. The molecule has 2 N–H and O–H groups in total.